The van der Waals surface area contributed by atoms with Gasteiger partial charge in [0.1, 0.15) is 11.6 Å². The van der Waals surface area contributed by atoms with Gasteiger partial charge in [-0.15, -0.1) is 0 Å². The van der Waals surface area contributed by atoms with Gasteiger partial charge in [0.15, 0.2) is 5.78 Å². The van der Waals surface area contributed by atoms with E-state index >= 15 is 0 Å². The van der Waals surface area contributed by atoms with E-state index in [4.69, 9.17) is 0 Å². The maximum absolute atomic E-state index is 13.9. The highest BCUT2D eigenvalue weighted by Crippen LogP contribution is 2.38. The first kappa shape index (κ1) is 17.1. The summed E-state index contributed by atoms with van der Waals surface area (Å²) in [7, 11) is 0. The van der Waals surface area contributed by atoms with Gasteiger partial charge in [-0.25, -0.2) is 8.78 Å². The fourth-order valence-electron chi connectivity index (χ4n) is 3.63. The second-order valence-electron chi connectivity index (χ2n) is 6.63. The third-order valence-electron chi connectivity index (χ3n) is 4.95. The van der Waals surface area contributed by atoms with E-state index in [0.717, 1.165) is 31.6 Å². The number of hydrogen-bond donors (Lipinski definition) is 0. The van der Waals surface area contributed by atoms with Crippen LogP contribution in [0, 0.1) is 17.6 Å². The van der Waals surface area contributed by atoms with Crippen LogP contribution in [0.1, 0.15) is 87.1 Å². The Morgan fingerprint density at radius 3 is 2.18 bits per heavy atom. The zero-order valence-corrected chi connectivity index (χ0v) is 13.6. The van der Waals surface area contributed by atoms with Crippen LogP contribution in [0.5, 0.6) is 0 Å². The van der Waals surface area contributed by atoms with E-state index in [1.807, 2.05) is 0 Å². The Bertz CT molecular complexity index is 493. The van der Waals surface area contributed by atoms with E-state index in [1.165, 1.54) is 44.7 Å². The van der Waals surface area contributed by atoms with Crippen molar-refractivity contribution >= 4 is 5.78 Å². The van der Waals surface area contributed by atoms with Gasteiger partial charge in [-0.2, -0.15) is 0 Å². The van der Waals surface area contributed by atoms with Crippen LogP contribution >= 0.6 is 0 Å². The van der Waals surface area contributed by atoms with Gasteiger partial charge >= 0.3 is 0 Å². The lowest BCUT2D eigenvalue weighted by Crippen LogP contribution is -2.14. The van der Waals surface area contributed by atoms with Crippen molar-refractivity contribution in [2.45, 2.75) is 71.1 Å². The van der Waals surface area contributed by atoms with Gasteiger partial charge < -0.3 is 0 Å². The Kier molecular flexibility index (Phi) is 6.10. The molecule has 22 heavy (non-hydrogen) atoms. The molecule has 3 heteroatoms. The maximum Gasteiger partial charge on any atom is 0.165 e. The highest BCUT2D eigenvalue weighted by molar-refractivity contribution is 5.94. The summed E-state index contributed by atoms with van der Waals surface area (Å²) in [5.74, 6) is -0.984. The molecule has 0 amide bonds. The summed E-state index contributed by atoms with van der Waals surface area (Å²) >= 11 is 0. The molecule has 0 spiro atoms. The molecule has 1 nitrogen and oxygen atoms in total. The summed E-state index contributed by atoms with van der Waals surface area (Å²) in [6.45, 7) is 3.41. The van der Waals surface area contributed by atoms with E-state index in [9.17, 15) is 13.6 Å². The molecule has 0 aromatic heterocycles. The third-order valence-corrected chi connectivity index (χ3v) is 4.95. The first-order chi connectivity index (χ1) is 10.5. The Hall–Kier alpha value is -1.25. The Morgan fingerprint density at radius 1 is 1.09 bits per heavy atom. The van der Waals surface area contributed by atoms with Crippen molar-refractivity contribution in [2.24, 2.45) is 5.92 Å². The quantitative estimate of drug-likeness (QED) is 0.464. The lowest BCUT2D eigenvalue weighted by molar-refractivity contribution is 0.100. The summed E-state index contributed by atoms with van der Waals surface area (Å²) in [6.07, 6.45) is 9.40. The van der Waals surface area contributed by atoms with E-state index < -0.39 is 23.0 Å². The normalized spacial score (nSPS) is 21.8. The predicted octanol–water partition coefficient (Wildman–Crippen LogP) is 6.02. The number of benzene rings is 1. The molecule has 122 valence electrons. The molecule has 1 aliphatic carbocycles. The van der Waals surface area contributed by atoms with Crippen molar-refractivity contribution in [1.29, 1.82) is 0 Å². The first-order valence-corrected chi connectivity index (χ1v) is 8.52. The summed E-state index contributed by atoms with van der Waals surface area (Å²) in [5.41, 5.74) is 0.309. The molecule has 1 saturated carbocycles. The molecule has 0 radical (unpaired) electrons. The van der Waals surface area contributed by atoms with E-state index in [1.54, 1.807) is 0 Å². The molecule has 0 saturated heterocycles. The minimum Gasteiger partial charge on any atom is -0.294 e. The van der Waals surface area contributed by atoms with Crippen molar-refractivity contribution in [3.8, 4) is 0 Å². The van der Waals surface area contributed by atoms with Gasteiger partial charge in [0.25, 0.3) is 0 Å². The summed E-state index contributed by atoms with van der Waals surface area (Å²) in [4.78, 5) is 11.3. The Morgan fingerprint density at radius 2 is 1.68 bits per heavy atom. The zero-order valence-electron chi connectivity index (χ0n) is 13.6. The van der Waals surface area contributed by atoms with Gasteiger partial charge in [-0.3, -0.25) is 4.79 Å². The van der Waals surface area contributed by atoms with E-state index in [2.05, 4.69) is 6.92 Å². The monoisotopic (exact) mass is 308 g/mol. The summed E-state index contributed by atoms with van der Waals surface area (Å²) in [5, 5.41) is 0. The molecule has 0 heterocycles. The molecule has 1 aromatic carbocycles. The fourth-order valence-corrected chi connectivity index (χ4v) is 3.63. The molecule has 0 atom stereocenters. The summed E-state index contributed by atoms with van der Waals surface area (Å²) < 4.78 is 27.9. The van der Waals surface area contributed by atoms with Crippen molar-refractivity contribution in [2.75, 3.05) is 0 Å². The Balaban J connectivity index is 1.98. The number of carbonyl (C=O) groups excluding carboxylic acids is 1. The minimum absolute atomic E-state index is 0.229. The molecule has 0 N–H and O–H groups in total. The van der Waals surface area contributed by atoms with Crippen LogP contribution in [0.2, 0.25) is 0 Å². The molecular weight excluding hydrogens is 282 g/mol. The van der Waals surface area contributed by atoms with Crippen molar-refractivity contribution in [1.82, 2.24) is 0 Å². The molecule has 1 aromatic rings. The minimum atomic E-state index is -0.715. The maximum atomic E-state index is 13.9. The van der Waals surface area contributed by atoms with E-state index in [-0.39, 0.29) is 5.92 Å². The number of unbranched alkanes of at least 4 members (excludes halogenated alkanes) is 2. The molecule has 1 aliphatic rings. The molecule has 0 unspecified atom stereocenters. The van der Waals surface area contributed by atoms with Crippen molar-refractivity contribution in [3.05, 3.63) is 34.9 Å². The van der Waals surface area contributed by atoms with Crippen LogP contribution in [-0.2, 0) is 0 Å². The van der Waals surface area contributed by atoms with Crippen LogP contribution in [-0.4, -0.2) is 5.78 Å². The predicted molar refractivity (Wildman–Crippen MR) is 85.2 cm³/mol. The molecule has 2 rings (SSSR count). The highest BCUT2D eigenvalue weighted by atomic mass is 19.1. The smallest absolute Gasteiger partial charge is 0.165 e. The third kappa shape index (κ3) is 4.15. The zero-order chi connectivity index (χ0) is 16.1. The number of ketones is 1. The average Bonchev–Trinajstić information content (AvgIpc) is 2.47. The van der Waals surface area contributed by atoms with E-state index in [0.29, 0.717) is 5.56 Å². The van der Waals surface area contributed by atoms with Crippen LogP contribution < -0.4 is 0 Å². The van der Waals surface area contributed by atoms with Crippen LogP contribution in [0.15, 0.2) is 12.1 Å². The largest absolute Gasteiger partial charge is 0.294 e. The second-order valence-corrected chi connectivity index (χ2v) is 6.63. The standard InChI is InChI=1S/C19H26F2O/c1-3-4-5-6-14-7-9-15(10-8-14)16-11-17(20)19(13(2)22)18(21)12-16/h11-12,14-15H,3-10H2,1-2H3/t14-,15-. The van der Waals surface area contributed by atoms with Gasteiger partial charge in [0.05, 0.1) is 5.56 Å². The number of halogens is 2. The highest BCUT2D eigenvalue weighted by Gasteiger charge is 2.24. The molecule has 0 bridgehead atoms. The topological polar surface area (TPSA) is 17.1 Å². The van der Waals surface area contributed by atoms with Crippen LogP contribution in [0.4, 0.5) is 8.78 Å². The van der Waals surface area contributed by atoms with Gasteiger partial charge in [-0.05, 0) is 62.1 Å². The lowest BCUT2D eigenvalue weighted by atomic mass is 9.77. The number of carbonyl (C=O) groups is 1. The number of hydrogen-bond acceptors (Lipinski definition) is 1. The van der Waals surface area contributed by atoms with Gasteiger partial charge in [-0.1, -0.05) is 32.6 Å². The second kappa shape index (κ2) is 7.85. The fraction of sp³-hybridized carbons (Fsp3) is 0.632. The number of Topliss-reactive ketones (excluding diaryl/α,β-unsaturated/α-hetero) is 1. The van der Waals surface area contributed by atoms with Gasteiger partial charge in [0.2, 0.25) is 0 Å². The van der Waals surface area contributed by atoms with Gasteiger partial charge in [0, 0.05) is 0 Å². The summed E-state index contributed by atoms with van der Waals surface area (Å²) in [6, 6.07) is 2.73. The SMILES string of the molecule is CCCCC[C@H]1CC[C@H](c2cc(F)c(C(C)=O)c(F)c2)CC1. The van der Waals surface area contributed by atoms with Crippen LogP contribution in [0.25, 0.3) is 0 Å². The molecular formula is C19H26F2O. The lowest BCUT2D eigenvalue weighted by Gasteiger charge is -2.29. The Labute approximate surface area is 132 Å². The molecule has 0 aliphatic heterocycles. The average molecular weight is 308 g/mol. The number of rotatable bonds is 6. The van der Waals surface area contributed by atoms with Crippen LogP contribution in [0.3, 0.4) is 0 Å². The van der Waals surface area contributed by atoms with Crippen molar-refractivity contribution in [3.63, 3.8) is 0 Å². The van der Waals surface area contributed by atoms with Crippen molar-refractivity contribution < 1.29 is 13.6 Å². The molecule has 1 fully saturated rings. The first-order valence-electron chi connectivity index (χ1n) is 8.52.